The first-order valence-corrected chi connectivity index (χ1v) is 4.98. The first-order valence-electron chi connectivity index (χ1n) is 4.98. The number of nitrogens with two attached hydrogens (primary N) is 1. The molecule has 0 spiro atoms. The van der Waals surface area contributed by atoms with Gasteiger partial charge >= 0.3 is 0 Å². The van der Waals surface area contributed by atoms with Crippen molar-refractivity contribution in [3.63, 3.8) is 0 Å². The topological polar surface area (TPSA) is 73.6 Å². The molecule has 1 atom stereocenters. The Balaban J connectivity index is 3.36. The highest BCUT2D eigenvalue weighted by atomic mass is 19.2. The Morgan fingerprint density at radius 3 is 2.53 bits per heavy atom. The maximum atomic E-state index is 13.7. The van der Waals surface area contributed by atoms with E-state index in [0.29, 0.717) is 0 Å². The van der Waals surface area contributed by atoms with Gasteiger partial charge in [-0.1, -0.05) is 0 Å². The summed E-state index contributed by atoms with van der Waals surface area (Å²) in [5.74, 6) is -2.17. The van der Waals surface area contributed by atoms with Gasteiger partial charge in [0.15, 0.2) is 11.6 Å². The third kappa shape index (κ3) is 2.34. The molecule has 3 nitrogen and oxygen atoms in total. The highest BCUT2D eigenvalue weighted by Gasteiger charge is 2.32. The van der Waals surface area contributed by atoms with Crippen LogP contribution in [-0.4, -0.2) is 0 Å². The number of nitrogen functional groups attached to an aromatic ring is 1. The summed E-state index contributed by atoms with van der Waals surface area (Å²) in [7, 11) is 0. The minimum absolute atomic E-state index is 0.0193. The predicted octanol–water partition coefficient (Wildman–Crippen LogP) is 2.63. The lowest BCUT2D eigenvalue weighted by atomic mass is 9.79. The second-order valence-electron chi connectivity index (χ2n) is 3.93. The maximum absolute atomic E-state index is 13.7. The van der Waals surface area contributed by atoms with Crippen molar-refractivity contribution in [2.45, 2.75) is 25.2 Å². The lowest BCUT2D eigenvalue weighted by Gasteiger charge is -2.23. The van der Waals surface area contributed by atoms with Gasteiger partial charge in [0.2, 0.25) is 0 Å². The van der Waals surface area contributed by atoms with E-state index in [4.69, 9.17) is 16.3 Å². The molecule has 0 heterocycles. The molecule has 1 aromatic carbocycles. The fourth-order valence-corrected chi connectivity index (χ4v) is 1.67. The molecule has 2 N–H and O–H groups in total. The molecule has 0 amide bonds. The Morgan fingerprint density at radius 1 is 1.35 bits per heavy atom. The zero-order chi connectivity index (χ0) is 13.1. The van der Waals surface area contributed by atoms with E-state index in [2.05, 4.69) is 0 Å². The minimum Gasteiger partial charge on any atom is -0.398 e. The molecule has 0 saturated heterocycles. The number of nitrogens with zero attached hydrogens (tertiary/aromatic N) is 2. The zero-order valence-electron chi connectivity index (χ0n) is 9.30. The summed E-state index contributed by atoms with van der Waals surface area (Å²) in [5.41, 5.74) is 4.13. The largest absolute Gasteiger partial charge is 0.398 e. The monoisotopic (exact) mass is 235 g/mol. The summed E-state index contributed by atoms with van der Waals surface area (Å²) < 4.78 is 26.8. The molecule has 0 aliphatic rings. The van der Waals surface area contributed by atoms with Crippen molar-refractivity contribution < 1.29 is 8.78 Å². The number of halogens is 2. The van der Waals surface area contributed by atoms with Gasteiger partial charge in [-0.2, -0.15) is 10.5 Å². The van der Waals surface area contributed by atoms with Gasteiger partial charge in [0.25, 0.3) is 0 Å². The molecule has 17 heavy (non-hydrogen) atoms. The third-order valence-electron chi connectivity index (χ3n) is 2.66. The molecule has 0 aromatic heterocycles. The number of hydrogen-bond donors (Lipinski definition) is 1. The van der Waals surface area contributed by atoms with Gasteiger partial charge in [-0.25, -0.2) is 8.78 Å². The van der Waals surface area contributed by atoms with Crippen molar-refractivity contribution in [2.75, 3.05) is 5.73 Å². The van der Waals surface area contributed by atoms with Gasteiger partial charge in [0, 0.05) is 17.7 Å². The van der Waals surface area contributed by atoms with Gasteiger partial charge in [-0.3, -0.25) is 0 Å². The molecule has 1 aromatic rings. The molecular weight excluding hydrogens is 224 g/mol. The van der Waals surface area contributed by atoms with Crippen molar-refractivity contribution in [1.82, 2.24) is 0 Å². The van der Waals surface area contributed by atoms with Crippen LogP contribution in [0, 0.1) is 34.3 Å². The fourth-order valence-electron chi connectivity index (χ4n) is 1.67. The number of hydrogen-bond acceptors (Lipinski definition) is 3. The van der Waals surface area contributed by atoms with Crippen molar-refractivity contribution in [3.05, 3.63) is 29.3 Å². The molecule has 0 saturated carbocycles. The maximum Gasteiger partial charge on any atom is 0.165 e. The van der Waals surface area contributed by atoms with E-state index in [-0.39, 0.29) is 24.1 Å². The fraction of sp³-hybridized carbons (Fsp3) is 0.333. The van der Waals surface area contributed by atoms with Crippen LogP contribution in [0.4, 0.5) is 14.5 Å². The molecule has 88 valence electrons. The van der Waals surface area contributed by atoms with Crippen molar-refractivity contribution in [3.8, 4) is 12.1 Å². The average molecular weight is 235 g/mol. The van der Waals surface area contributed by atoms with Crippen molar-refractivity contribution >= 4 is 5.69 Å². The summed E-state index contributed by atoms with van der Waals surface area (Å²) in [6.45, 7) is 1.44. The molecule has 1 unspecified atom stereocenters. The number of nitriles is 2. The third-order valence-corrected chi connectivity index (χ3v) is 2.66. The first kappa shape index (κ1) is 12.9. The zero-order valence-corrected chi connectivity index (χ0v) is 9.30. The Morgan fingerprint density at radius 2 is 2.00 bits per heavy atom. The van der Waals surface area contributed by atoms with Crippen LogP contribution in [0.15, 0.2) is 12.1 Å². The summed E-state index contributed by atoms with van der Waals surface area (Å²) in [6.07, 6.45) is 0.171. The average Bonchev–Trinajstić information content (AvgIpc) is 2.32. The van der Waals surface area contributed by atoms with Crippen LogP contribution in [-0.2, 0) is 5.41 Å². The second-order valence-corrected chi connectivity index (χ2v) is 3.93. The standard InChI is InChI=1S/C12H11F2N3/c1-12(7-16,5-2-6-15)10-9(17)4-3-8(13)11(10)14/h3-4H,2,5,17H2,1H3. The van der Waals surface area contributed by atoms with E-state index in [1.807, 2.05) is 12.1 Å². The van der Waals surface area contributed by atoms with Crippen LogP contribution in [0.1, 0.15) is 25.3 Å². The highest BCUT2D eigenvalue weighted by molar-refractivity contribution is 5.54. The molecule has 0 radical (unpaired) electrons. The summed E-state index contributed by atoms with van der Waals surface area (Å²) in [5, 5.41) is 17.6. The highest BCUT2D eigenvalue weighted by Crippen LogP contribution is 2.35. The van der Waals surface area contributed by atoms with Crippen LogP contribution in [0.2, 0.25) is 0 Å². The minimum atomic E-state index is -1.30. The molecular formula is C12H11F2N3. The summed E-state index contributed by atoms with van der Waals surface area (Å²) in [6, 6.07) is 5.90. The quantitative estimate of drug-likeness (QED) is 0.818. The molecule has 0 aliphatic heterocycles. The molecule has 0 aliphatic carbocycles. The van der Waals surface area contributed by atoms with E-state index in [9.17, 15) is 8.78 Å². The SMILES string of the molecule is CC(C#N)(CCC#N)c1c(N)ccc(F)c1F. The molecule has 0 fully saturated rings. The lowest BCUT2D eigenvalue weighted by Crippen LogP contribution is -2.23. The Hall–Kier alpha value is -2.14. The van der Waals surface area contributed by atoms with Crippen LogP contribution in [0.3, 0.4) is 0 Å². The second kappa shape index (κ2) is 4.80. The number of benzene rings is 1. The summed E-state index contributed by atoms with van der Waals surface area (Å²) in [4.78, 5) is 0. The lowest BCUT2D eigenvalue weighted by molar-refractivity contribution is 0.463. The molecule has 5 heteroatoms. The Kier molecular flexibility index (Phi) is 3.65. The van der Waals surface area contributed by atoms with Gasteiger partial charge in [-0.05, 0) is 25.5 Å². The van der Waals surface area contributed by atoms with Crippen LogP contribution in [0.25, 0.3) is 0 Å². The van der Waals surface area contributed by atoms with E-state index in [1.165, 1.54) is 13.0 Å². The van der Waals surface area contributed by atoms with Crippen molar-refractivity contribution in [1.29, 1.82) is 10.5 Å². The van der Waals surface area contributed by atoms with Crippen molar-refractivity contribution in [2.24, 2.45) is 0 Å². The van der Waals surface area contributed by atoms with E-state index < -0.39 is 17.0 Å². The predicted molar refractivity (Wildman–Crippen MR) is 58.6 cm³/mol. The normalized spacial score (nSPS) is 13.5. The van der Waals surface area contributed by atoms with E-state index >= 15 is 0 Å². The smallest absolute Gasteiger partial charge is 0.165 e. The van der Waals surface area contributed by atoms with E-state index in [0.717, 1.165) is 6.07 Å². The Labute approximate surface area is 98.1 Å². The van der Waals surface area contributed by atoms with E-state index in [1.54, 1.807) is 0 Å². The van der Waals surface area contributed by atoms with Gasteiger partial charge in [0.1, 0.15) is 0 Å². The molecule has 1 rings (SSSR count). The van der Waals surface area contributed by atoms with Gasteiger partial charge < -0.3 is 5.73 Å². The molecule has 0 bridgehead atoms. The summed E-state index contributed by atoms with van der Waals surface area (Å²) >= 11 is 0. The number of anilines is 1. The van der Waals surface area contributed by atoms with Gasteiger partial charge in [0.05, 0.1) is 17.6 Å². The van der Waals surface area contributed by atoms with Gasteiger partial charge in [-0.15, -0.1) is 0 Å². The number of rotatable bonds is 3. The Bertz CT molecular complexity index is 514. The first-order chi connectivity index (χ1) is 7.96. The van der Waals surface area contributed by atoms with Crippen LogP contribution < -0.4 is 5.73 Å². The van der Waals surface area contributed by atoms with Crippen LogP contribution >= 0.6 is 0 Å². The van der Waals surface area contributed by atoms with Crippen LogP contribution in [0.5, 0.6) is 0 Å².